The van der Waals surface area contributed by atoms with E-state index in [1.54, 1.807) is 36.5 Å². The highest BCUT2D eigenvalue weighted by molar-refractivity contribution is 5.80. The summed E-state index contributed by atoms with van der Waals surface area (Å²) in [6, 6.07) is 12.9. The summed E-state index contributed by atoms with van der Waals surface area (Å²) in [5, 5.41) is 5.46. The van der Waals surface area contributed by atoms with E-state index in [0.717, 1.165) is 5.39 Å². The zero-order valence-corrected chi connectivity index (χ0v) is 11.2. The van der Waals surface area contributed by atoms with Crippen molar-refractivity contribution in [2.75, 3.05) is 0 Å². The van der Waals surface area contributed by atoms with Crippen LogP contribution in [0.4, 0.5) is 4.39 Å². The molecule has 2 N–H and O–H groups in total. The van der Waals surface area contributed by atoms with E-state index < -0.39 is 6.04 Å². The molecule has 1 atom stereocenters. The summed E-state index contributed by atoms with van der Waals surface area (Å²) >= 11 is 0. The SMILES string of the molecule is NC(Cn1ncc2ccccc2c1=O)c1ccccc1F. The van der Waals surface area contributed by atoms with E-state index in [4.69, 9.17) is 5.73 Å². The molecule has 1 unspecified atom stereocenters. The molecule has 106 valence electrons. The highest BCUT2D eigenvalue weighted by Gasteiger charge is 2.13. The van der Waals surface area contributed by atoms with Crippen LogP contribution < -0.4 is 11.3 Å². The molecular weight excluding hydrogens is 269 g/mol. The van der Waals surface area contributed by atoms with Crippen LogP contribution in [0.1, 0.15) is 11.6 Å². The van der Waals surface area contributed by atoms with Gasteiger partial charge in [-0.1, -0.05) is 36.4 Å². The van der Waals surface area contributed by atoms with Crippen molar-refractivity contribution in [2.24, 2.45) is 5.73 Å². The lowest BCUT2D eigenvalue weighted by Gasteiger charge is -2.14. The largest absolute Gasteiger partial charge is 0.322 e. The van der Waals surface area contributed by atoms with Crippen molar-refractivity contribution in [1.82, 2.24) is 9.78 Å². The van der Waals surface area contributed by atoms with Gasteiger partial charge >= 0.3 is 0 Å². The molecule has 0 amide bonds. The second-order valence-corrected chi connectivity index (χ2v) is 4.85. The number of nitrogens with zero attached hydrogens (tertiary/aromatic N) is 2. The fourth-order valence-electron chi connectivity index (χ4n) is 2.32. The van der Waals surface area contributed by atoms with Crippen molar-refractivity contribution in [1.29, 1.82) is 0 Å². The van der Waals surface area contributed by atoms with Crippen molar-refractivity contribution in [3.05, 3.63) is 76.5 Å². The minimum absolute atomic E-state index is 0.130. The Balaban J connectivity index is 1.97. The van der Waals surface area contributed by atoms with E-state index in [9.17, 15) is 9.18 Å². The summed E-state index contributed by atoms with van der Waals surface area (Å²) in [4.78, 5) is 12.3. The quantitative estimate of drug-likeness (QED) is 0.802. The van der Waals surface area contributed by atoms with Crippen molar-refractivity contribution in [3.63, 3.8) is 0 Å². The Kier molecular flexibility index (Phi) is 3.50. The van der Waals surface area contributed by atoms with Crippen LogP contribution in [-0.4, -0.2) is 9.78 Å². The van der Waals surface area contributed by atoms with Gasteiger partial charge in [0.1, 0.15) is 5.82 Å². The van der Waals surface area contributed by atoms with Crippen LogP contribution in [0.15, 0.2) is 59.5 Å². The third-order valence-corrected chi connectivity index (χ3v) is 3.44. The van der Waals surface area contributed by atoms with Gasteiger partial charge in [-0.05, 0) is 12.1 Å². The number of hydrogen-bond acceptors (Lipinski definition) is 3. The molecule has 0 bridgehead atoms. The maximum absolute atomic E-state index is 13.7. The van der Waals surface area contributed by atoms with Gasteiger partial charge in [-0.15, -0.1) is 0 Å². The van der Waals surface area contributed by atoms with Gasteiger partial charge in [-0.2, -0.15) is 5.10 Å². The van der Waals surface area contributed by atoms with E-state index >= 15 is 0 Å². The van der Waals surface area contributed by atoms with Crippen LogP contribution in [0.2, 0.25) is 0 Å². The molecule has 1 heterocycles. The molecule has 3 aromatic rings. The van der Waals surface area contributed by atoms with E-state index in [1.165, 1.54) is 10.7 Å². The summed E-state index contributed by atoms with van der Waals surface area (Å²) in [5.41, 5.74) is 6.15. The highest BCUT2D eigenvalue weighted by atomic mass is 19.1. The second kappa shape index (κ2) is 5.46. The summed E-state index contributed by atoms with van der Waals surface area (Å²) < 4.78 is 15.0. The van der Waals surface area contributed by atoms with Gasteiger partial charge in [0.25, 0.3) is 5.56 Å². The summed E-state index contributed by atoms with van der Waals surface area (Å²) in [6.07, 6.45) is 1.62. The summed E-state index contributed by atoms with van der Waals surface area (Å²) in [6.45, 7) is 0.130. The number of aromatic nitrogens is 2. The van der Waals surface area contributed by atoms with Gasteiger partial charge in [0.05, 0.1) is 24.2 Å². The average Bonchev–Trinajstić information content (AvgIpc) is 2.51. The molecule has 4 nitrogen and oxygen atoms in total. The lowest BCUT2D eigenvalue weighted by molar-refractivity contribution is 0.487. The van der Waals surface area contributed by atoms with Gasteiger partial charge in [0.2, 0.25) is 0 Å². The van der Waals surface area contributed by atoms with Crippen molar-refractivity contribution in [2.45, 2.75) is 12.6 Å². The van der Waals surface area contributed by atoms with Crippen LogP contribution in [0.5, 0.6) is 0 Å². The van der Waals surface area contributed by atoms with Gasteiger partial charge in [-0.25, -0.2) is 9.07 Å². The first-order valence-corrected chi connectivity index (χ1v) is 6.61. The Morgan fingerprint density at radius 1 is 1.14 bits per heavy atom. The number of fused-ring (bicyclic) bond motifs is 1. The maximum atomic E-state index is 13.7. The molecule has 0 saturated heterocycles. The molecule has 5 heteroatoms. The number of rotatable bonds is 3. The first-order chi connectivity index (χ1) is 10.2. The van der Waals surface area contributed by atoms with E-state index in [0.29, 0.717) is 10.9 Å². The lowest BCUT2D eigenvalue weighted by Crippen LogP contribution is -2.29. The minimum atomic E-state index is -0.627. The smallest absolute Gasteiger partial charge is 0.274 e. The van der Waals surface area contributed by atoms with Crippen molar-refractivity contribution < 1.29 is 4.39 Å². The van der Waals surface area contributed by atoms with Crippen molar-refractivity contribution >= 4 is 10.8 Å². The van der Waals surface area contributed by atoms with E-state index in [1.807, 2.05) is 12.1 Å². The van der Waals surface area contributed by atoms with E-state index in [-0.39, 0.29) is 17.9 Å². The Morgan fingerprint density at radius 2 is 1.86 bits per heavy atom. The normalized spacial score (nSPS) is 12.5. The van der Waals surface area contributed by atoms with Gasteiger partial charge in [-0.3, -0.25) is 4.79 Å². The predicted molar refractivity (Wildman–Crippen MR) is 79.3 cm³/mol. The van der Waals surface area contributed by atoms with Crippen LogP contribution >= 0.6 is 0 Å². The molecule has 0 fully saturated rings. The monoisotopic (exact) mass is 283 g/mol. The zero-order valence-electron chi connectivity index (χ0n) is 11.2. The first-order valence-electron chi connectivity index (χ1n) is 6.61. The number of benzene rings is 2. The fraction of sp³-hybridized carbons (Fsp3) is 0.125. The Morgan fingerprint density at radius 3 is 2.67 bits per heavy atom. The highest BCUT2D eigenvalue weighted by Crippen LogP contribution is 2.16. The molecule has 0 aliphatic rings. The topological polar surface area (TPSA) is 60.9 Å². The van der Waals surface area contributed by atoms with Crippen LogP contribution in [0.25, 0.3) is 10.8 Å². The predicted octanol–water partition coefficient (Wildman–Crippen LogP) is 2.24. The number of nitrogens with two attached hydrogens (primary N) is 1. The van der Waals surface area contributed by atoms with E-state index in [2.05, 4.69) is 5.10 Å². The molecule has 0 radical (unpaired) electrons. The minimum Gasteiger partial charge on any atom is -0.322 e. The molecular formula is C16H14FN3O. The zero-order chi connectivity index (χ0) is 14.8. The molecule has 0 aliphatic heterocycles. The molecule has 0 aliphatic carbocycles. The first kappa shape index (κ1) is 13.5. The van der Waals surface area contributed by atoms with Crippen molar-refractivity contribution in [3.8, 4) is 0 Å². The van der Waals surface area contributed by atoms with Crippen LogP contribution in [-0.2, 0) is 6.54 Å². The molecule has 0 saturated carbocycles. The van der Waals surface area contributed by atoms with Gasteiger partial charge in [0.15, 0.2) is 0 Å². The molecule has 0 spiro atoms. The van der Waals surface area contributed by atoms with Gasteiger partial charge in [0, 0.05) is 10.9 Å². The van der Waals surface area contributed by atoms with Crippen LogP contribution in [0.3, 0.4) is 0 Å². The fourth-order valence-corrected chi connectivity index (χ4v) is 2.32. The lowest BCUT2D eigenvalue weighted by atomic mass is 10.1. The number of hydrogen-bond donors (Lipinski definition) is 1. The Bertz CT molecular complexity index is 844. The Hall–Kier alpha value is -2.53. The van der Waals surface area contributed by atoms with Crippen LogP contribution in [0, 0.1) is 5.82 Å². The molecule has 3 rings (SSSR count). The summed E-state index contributed by atoms with van der Waals surface area (Å²) in [7, 11) is 0. The third-order valence-electron chi connectivity index (χ3n) is 3.44. The third kappa shape index (κ3) is 2.55. The molecule has 1 aromatic heterocycles. The Labute approximate surface area is 120 Å². The standard InChI is InChI=1S/C16H14FN3O/c17-14-8-4-3-7-13(14)15(18)10-20-16(21)12-6-2-1-5-11(12)9-19-20/h1-9,15H,10,18H2. The van der Waals surface area contributed by atoms with Gasteiger partial charge < -0.3 is 5.73 Å². The molecule has 21 heavy (non-hydrogen) atoms. The second-order valence-electron chi connectivity index (χ2n) is 4.85. The molecule has 2 aromatic carbocycles. The summed E-state index contributed by atoms with van der Waals surface area (Å²) in [5.74, 6) is -0.376. The maximum Gasteiger partial charge on any atom is 0.274 e. The average molecular weight is 283 g/mol. The number of halogens is 1.